The Morgan fingerprint density at radius 2 is 2.03 bits per heavy atom. The number of thiazole rings is 1. The number of hydrogen-bond donors (Lipinski definition) is 0. The molecule has 5 rings (SSSR count). The third-order valence-corrected chi connectivity index (χ3v) is 6.77. The molecule has 7 heteroatoms. The monoisotopic (exact) mass is 431 g/mol. The summed E-state index contributed by atoms with van der Waals surface area (Å²) in [6.07, 6.45) is 6.11. The van der Waals surface area contributed by atoms with Gasteiger partial charge in [0, 0.05) is 37.9 Å². The lowest BCUT2D eigenvalue weighted by atomic mass is 10.2. The normalized spacial score (nSPS) is 16.7. The molecule has 1 fully saturated rings. The smallest absolute Gasteiger partial charge is 0.274 e. The van der Waals surface area contributed by atoms with Crippen molar-refractivity contribution in [3.63, 3.8) is 0 Å². The van der Waals surface area contributed by atoms with E-state index in [0.717, 1.165) is 41.3 Å². The summed E-state index contributed by atoms with van der Waals surface area (Å²) in [5.41, 5.74) is 3.39. The van der Waals surface area contributed by atoms with Gasteiger partial charge in [-0.05, 0) is 37.1 Å². The highest BCUT2D eigenvalue weighted by Gasteiger charge is 2.31. The Kier molecular flexibility index (Phi) is 5.53. The second kappa shape index (κ2) is 8.61. The van der Waals surface area contributed by atoms with E-state index < -0.39 is 0 Å². The van der Waals surface area contributed by atoms with Gasteiger partial charge in [-0.15, -0.1) is 11.3 Å². The fraction of sp³-hybridized carbons (Fsp3) is 0.292. The molecule has 4 aromatic rings. The van der Waals surface area contributed by atoms with Gasteiger partial charge in [-0.2, -0.15) is 0 Å². The van der Waals surface area contributed by atoms with E-state index in [1.165, 1.54) is 0 Å². The number of aromatic nitrogens is 3. The molecular formula is C24H25N5OS. The number of nitrogens with zero attached hydrogens (tertiary/aromatic N) is 5. The molecule has 1 aromatic carbocycles. The lowest BCUT2D eigenvalue weighted by Gasteiger charge is -2.23. The number of hydrogen-bond acceptors (Lipinski definition) is 5. The van der Waals surface area contributed by atoms with Gasteiger partial charge >= 0.3 is 0 Å². The lowest BCUT2D eigenvalue weighted by molar-refractivity contribution is 0.0777. The minimum absolute atomic E-state index is 0.0486. The molecule has 0 saturated carbocycles. The lowest BCUT2D eigenvalue weighted by Crippen LogP contribution is -2.29. The first-order valence-electron chi connectivity index (χ1n) is 10.6. The molecule has 3 aromatic heterocycles. The first kappa shape index (κ1) is 19.9. The first-order chi connectivity index (χ1) is 15.2. The zero-order chi connectivity index (χ0) is 21.2. The molecule has 6 nitrogen and oxygen atoms in total. The van der Waals surface area contributed by atoms with Crippen molar-refractivity contribution in [1.82, 2.24) is 24.2 Å². The fourth-order valence-corrected chi connectivity index (χ4v) is 5.17. The molecule has 0 radical (unpaired) electrons. The summed E-state index contributed by atoms with van der Waals surface area (Å²) in [5.74, 6) is -0.0486. The van der Waals surface area contributed by atoms with Crippen LogP contribution in [0.2, 0.25) is 0 Å². The van der Waals surface area contributed by atoms with Crippen molar-refractivity contribution in [2.75, 3.05) is 13.6 Å². The van der Waals surface area contributed by atoms with Crippen molar-refractivity contribution in [3.05, 3.63) is 88.3 Å². The highest BCUT2D eigenvalue weighted by molar-refractivity contribution is 7.09. The van der Waals surface area contributed by atoms with Crippen LogP contribution >= 0.6 is 11.3 Å². The van der Waals surface area contributed by atoms with E-state index in [1.54, 1.807) is 16.2 Å². The Labute approximate surface area is 185 Å². The predicted octanol–water partition coefficient (Wildman–Crippen LogP) is 4.40. The quantitative estimate of drug-likeness (QED) is 0.454. The first-order valence-corrected chi connectivity index (χ1v) is 11.5. The summed E-state index contributed by atoms with van der Waals surface area (Å²) in [7, 11) is 1.84. The van der Waals surface area contributed by atoms with Crippen LogP contribution in [0.4, 0.5) is 0 Å². The number of fused-ring (bicyclic) bond motifs is 1. The third kappa shape index (κ3) is 3.98. The maximum atomic E-state index is 13.4. The average molecular weight is 432 g/mol. The van der Waals surface area contributed by atoms with Gasteiger partial charge in [0.1, 0.15) is 10.7 Å². The number of amides is 1. The van der Waals surface area contributed by atoms with E-state index in [2.05, 4.69) is 14.3 Å². The molecule has 31 heavy (non-hydrogen) atoms. The maximum Gasteiger partial charge on any atom is 0.274 e. The summed E-state index contributed by atoms with van der Waals surface area (Å²) < 4.78 is 2.06. The van der Waals surface area contributed by atoms with Gasteiger partial charge in [0.25, 0.3) is 5.91 Å². The van der Waals surface area contributed by atoms with Crippen LogP contribution in [0.15, 0.2) is 66.3 Å². The van der Waals surface area contributed by atoms with Crippen molar-refractivity contribution in [1.29, 1.82) is 0 Å². The standard InChI is InChI=1S/C24H25N5OS/c1-27(16-18-8-3-2-4-9-18)24(30)22-20(29-14-6-5-11-21(29)26-22)17-28-13-7-10-19(28)23-25-12-15-31-23/h2-6,8-9,11-12,14-15,19H,7,10,13,16-17H2,1H3/t19-/m0/s1. The molecule has 0 bridgehead atoms. The van der Waals surface area contributed by atoms with Gasteiger partial charge in [-0.3, -0.25) is 9.69 Å². The number of carbonyl (C=O) groups excluding carboxylic acids is 1. The van der Waals surface area contributed by atoms with E-state index in [0.29, 0.717) is 24.8 Å². The van der Waals surface area contributed by atoms with Crippen LogP contribution in [-0.4, -0.2) is 43.7 Å². The molecule has 0 spiro atoms. The molecular weight excluding hydrogens is 406 g/mol. The molecule has 4 heterocycles. The molecule has 158 valence electrons. The van der Waals surface area contributed by atoms with Crippen molar-refractivity contribution >= 4 is 22.9 Å². The maximum absolute atomic E-state index is 13.4. The van der Waals surface area contributed by atoms with Gasteiger partial charge in [0.2, 0.25) is 0 Å². The van der Waals surface area contributed by atoms with Crippen LogP contribution in [-0.2, 0) is 13.1 Å². The highest BCUT2D eigenvalue weighted by atomic mass is 32.1. The van der Waals surface area contributed by atoms with Crippen molar-refractivity contribution in [2.45, 2.75) is 32.0 Å². The van der Waals surface area contributed by atoms with Crippen LogP contribution in [0.25, 0.3) is 5.65 Å². The number of likely N-dealkylation sites (tertiary alicyclic amines) is 1. The van der Waals surface area contributed by atoms with Crippen molar-refractivity contribution in [3.8, 4) is 0 Å². The zero-order valence-electron chi connectivity index (χ0n) is 17.5. The minimum atomic E-state index is -0.0486. The van der Waals surface area contributed by atoms with E-state index in [9.17, 15) is 4.79 Å². The van der Waals surface area contributed by atoms with Gasteiger partial charge in [0.05, 0.1) is 11.7 Å². The largest absolute Gasteiger partial charge is 0.336 e. The van der Waals surface area contributed by atoms with Crippen LogP contribution in [0.5, 0.6) is 0 Å². The Hall–Kier alpha value is -3.03. The topological polar surface area (TPSA) is 53.7 Å². The molecule has 1 aliphatic rings. The SMILES string of the molecule is CN(Cc1ccccc1)C(=O)c1nc2ccccn2c1CN1CCC[C@H]1c1nccs1. The highest BCUT2D eigenvalue weighted by Crippen LogP contribution is 2.34. The van der Waals surface area contributed by atoms with E-state index in [-0.39, 0.29) is 5.91 Å². The summed E-state index contributed by atoms with van der Waals surface area (Å²) >= 11 is 1.71. The van der Waals surface area contributed by atoms with Gasteiger partial charge in [0.15, 0.2) is 5.69 Å². The van der Waals surface area contributed by atoms with Gasteiger partial charge in [-0.25, -0.2) is 9.97 Å². The second-order valence-corrected chi connectivity index (χ2v) is 8.91. The van der Waals surface area contributed by atoms with Crippen LogP contribution in [0.1, 0.15) is 45.6 Å². The summed E-state index contributed by atoms with van der Waals surface area (Å²) in [5, 5.41) is 3.19. The van der Waals surface area contributed by atoms with E-state index in [1.807, 2.05) is 73.4 Å². The number of benzene rings is 1. The van der Waals surface area contributed by atoms with Crippen molar-refractivity contribution in [2.24, 2.45) is 0 Å². The number of rotatable bonds is 6. The summed E-state index contributed by atoms with van der Waals surface area (Å²) in [6, 6.07) is 16.3. The summed E-state index contributed by atoms with van der Waals surface area (Å²) in [4.78, 5) is 26.9. The molecule has 1 aliphatic heterocycles. The number of imidazole rings is 1. The molecule has 1 amide bonds. The van der Waals surface area contributed by atoms with E-state index >= 15 is 0 Å². The number of pyridine rings is 1. The molecule has 1 atom stereocenters. The van der Waals surface area contributed by atoms with Crippen LogP contribution in [0.3, 0.4) is 0 Å². The van der Waals surface area contributed by atoms with Crippen LogP contribution in [0, 0.1) is 0 Å². The molecule has 0 N–H and O–H groups in total. The van der Waals surface area contributed by atoms with Crippen LogP contribution < -0.4 is 0 Å². The van der Waals surface area contributed by atoms with Gasteiger partial charge < -0.3 is 9.30 Å². The third-order valence-electron chi connectivity index (χ3n) is 5.89. The second-order valence-electron chi connectivity index (χ2n) is 7.98. The Morgan fingerprint density at radius 3 is 2.84 bits per heavy atom. The Bertz CT molecular complexity index is 1170. The Balaban J connectivity index is 1.46. The van der Waals surface area contributed by atoms with Crippen molar-refractivity contribution < 1.29 is 4.79 Å². The average Bonchev–Trinajstić information content (AvgIpc) is 3.54. The number of carbonyl (C=O) groups is 1. The predicted molar refractivity (Wildman–Crippen MR) is 122 cm³/mol. The van der Waals surface area contributed by atoms with Gasteiger partial charge in [-0.1, -0.05) is 36.4 Å². The minimum Gasteiger partial charge on any atom is -0.336 e. The molecule has 0 unspecified atom stereocenters. The van der Waals surface area contributed by atoms with E-state index in [4.69, 9.17) is 4.98 Å². The Morgan fingerprint density at radius 1 is 1.19 bits per heavy atom. The molecule has 0 aliphatic carbocycles. The molecule has 1 saturated heterocycles. The fourth-order valence-electron chi connectivity index (χ4n) is 4.37. The zero-order valence-corrected chi connectivity index (χ0v) is 18.3. The summed E-state index contributed by atoms with van der Waals surface area (Å²) in [6.45, 7) is 2.23.